The Balaban J connectivity index is 1.14. The van der Waals surface area contributed by atoms with Gasteiger partial charge in [-0.1, -0.05) is 66.7 Å². The topological polar surface area (TPSA) is 41.6 Å². The second-order valence-electron chi connectivity index (χ2n) is 9.61. The Labute approximate surface area is 202 Å². The Morgan fingerprint density at radius 3 is 2.38 bits per heavy atom. The molecule has 0 aliphatic carbocycles. The molecule has 4 heteroatoms. The van der Waals surface area contributed by atoms with Gasteiger partial charge in [-0.2, -0.15) is 0 Å². The molecule has 1 saturated heterocycles. The van der Waals surface area contributed by atoms with Gasteiger partial charge in [-0.15, -0.1) is 0 Å². The summed E-state index contributed by atoms with van der Waals surface area (Å²) in [6.07, 6.45) is 5.22. The lowest BCUT2D eigenvalue weighted by atomic mass is 9.84. The molecule has 0 radical (unpaired) electrons. The van der Waals surface area contributed by atoms with Crippen molar-refractivity contribution in [3.63, 3.8) is 0 Å². The molecule has 34 heavy (non-hydrogen) atoms. The van der Waals surface area contributed by atoms with Gasteiger partial charge in [-0.3, -0.25) is 4.79 Å². The summed E-state index contributed by atoms with van der Waals surface area (Å²) in [6, 6.07) is 27.2. The molecular formula is C30H34N2O2. The minimum Gasteiger partial charge on any atom is -0.493 e. The number of nitrogens with one attached hydrogen (secondary N) is 1. The van der Waals surface area contributed by atoms with E-state index in [1.807, 2.05) is 36.4 Å². The molecule has 4 nitrogen and oxygen atoms in total. The number of hydrogen-bond donors (Lipinski definition) is 1. The number of carbonyl (C=O) groups is 1. The Hall–Kier alpha value is -3.11. The van der Waals surface area contributed by atoms with E-state index in [1.165, 1.54) is 37.9 Å². The van der Waals surface area contributed by atoms with Crippen molar-refractivity contribution >= 4 is 11.6 Å². The Morgan fingerprint density at radius 2 is 1.62 bits per heavy atom. The van der Waals surface area contributed by atoms with Crippen LogP contribution >= 0.6 is 0 Å². The fourth-order valence-electron chi connectivity index (χ4n) is 5.43. The molecule has 5 rings (SSSR count). The number of amides is 1. The maximum Gasteiger partial charge on any atom is 0.225 e. The van der Waals surface area contributed by atoms with Gasteiger partial charge in [-0.05, 0) is 68.0 Å². The molecule has 1 amide bonds. The summed E-state index contributed by atoms with van der Waals surface area (Å²) < 4.78 is 6.30. The smallest absolute Gasteiger partial charge is 0.225 e. The predicted molar refractivity (Wildman–Crippen MR) is 137 cm³/mol. The van der Waals surface area contributed by atoms with Crippen LogP contribution in [-0.4, -0.2) is 37.0 Å². The van der Waals surface area contributed by atoms with Crippen molar-refractivity contribution in [3.05, 3.63) is 95.6 Å². The standard InChI is InChI=1S/C30H34N2O2/c33-29-22-26(25-11-5-2-6-12-25)30-27(31-29)13-7-14-28(30)34-20-8-17-32-18-15-24(16-19-32)21-23-9-3-1-4-10-23/h1-7,9-14,24,26H,8,15-22H2,(H,31,33). The number of carbonyl (C=O) groups excluding carboxylic acids is 1. The first-order valence-electron chi connectivity index (χ1n) is 12.6. The van der Waals surface area contributed by atoms with Crippen LogP contribution < -0.4 is 10.1 Å². The molecular weight excluding hydrogens is 420 g/mol. The average Bonchev–Trinajstić information content (AvgIpc) is 2.88. The van der Waals surface area contributed by atoms with Gasteiger partial charge < -0.3 is 15.0 Å². The zero-order valence-electron chi connectivity index (χ0n) is 19.8. The maximum atomic E-state index is 12.3. The summed E-state index contributed by atoms with van der Waals surface area (Å²) in [6.45, 7) is 4.13. The average molecular weight is 455 g/mol. The quantitative estimate of drug-likeness (QED) is 0.432. The van der Waals surface area contributed by atoms with Crippen LogP contribution in [0, 0.1) is 5.92 Å². The number of hydrogen-bond acceptors (Lipinski definition) is 3. The van der Waals surface area contributed by atoms with E-state index in [4.69, 9.17) is 4.74 Å². The number of nitrogens with zero attached hydrogens (tertiary/aromatic N) is 1. The monoisotopic (exact) mass is 454 g/mol. The van der Waals surface area contributed by atoms with Crippen LogP contribution in [0.25, 0.3) is 0 Å². The number of rotatable bonds is 8. The Morgan fingerprint density at radius 1 is 0.882 bits per heavy atom. The van der Waals surface area contributed by atoms with E-state index < -0.39 is 0 Å². The second-order valence-corrected chi connectivity index (χ2v) is 9.61. The van der Waals surface area contributed by atoms with Crippen LogP contribution in [0.1, 0.15) is 48.3 Å². The van der Waals surface area contributed by atoms with Crippen LogP contribution in [0.5, 0.6) is 5.75 Å². The van der Waals surface area contributed by atoms with Crippen LogP contribution in [-0.2, 0) is 11.2 Å². The maximum absolute atomic E-state index is 12.3. The summed E-state index contributed by atoms with van der Waals surface area (Å²) in [5.41, 5.74) is 4.61. The van der Waals surface area contributed by atoms with E-state index in [0.717, 1.165) is 41.4 Å². The van der Waals surface area contributed by atoms with Gasteiger partial charge in [0.1, 0.15) is 5.75 Å². The van der Waals surface area contributed by atoms with Gasteiger partial charge >= 0.3 is 0 Å². The van der Waals surface area contributed by atoms with E-state index in [1.54, 1.807) is 0 Å². The molecule has 1 atom stereocenters. The SMILES string of the molecule is O=C1CC(c2ccccc2)c2c(cccc2OCCCN2CCC(Cc3ccccc3)CC2)N1. The molecule has 2 aliphatic rings. The summed E-state index contributed by atoms with van der Waals surface area (Å²) in [4.78, 5) is 14.9. The normalized spacial score (nSPS) is 18.8. The van der Waals surface area contributed by atoms with Gasteiger partial charge in [0.15, 0.2) is 0 Å². The molecule has 2 aliphatic heterocycles. The highest BCUT2D eigenvalue weighted by molar-refractivity contribution is 5.96. The number of piperidine rings is 1. The van der Waals surface area contributed by atoms with Crippen LogP contribution in [0.3, 0.4) is 0 Å². The minimum absolute atomic E-state index is 0.0322. The molecule has 1 fully saturated rings. The second kappa shape index (κ2) is 10.9. The summed E-state index contributed by atoms with van der Waals surface area (Å²) in [5, 5.41) is 3.04. The molecule has 0 bridgehead atoms. The Bertz CT molecular complexity index is 1080. The largest absolute Gasteiger partial charge is 0.493 e. The molecule has 1 unspecified atom stereocenters. The number of anilines is 1. The van der Waals surface area contributed by atoms with Gasteiger partial charge in [0, 0.05) is 30.1 Å². The highest BCUT2D eigenvalue weighted by Gasteiger charge is 2.29. The van der Waals surface area contributed by atoms with E-state index in [9.17, 15) is 4.79 Å². The zero-order chi connectivity index (χ0) is 23.2. The van der Waals surface area contributed by atoms with Crippen molar-refractivity contribution in [2.24, 2.45) is 5.92 Å². The molecule has 0 aromatic heterocycles. The van der Waals surface area contributed by atoms with Crippen molar-refractivity contribution in [1.82, 2.24) is 4.90 Å². The van der Waals surface area contributed by atoms with Gasteiger partial charge in [0.05, 0.1) is 6.61 Å². The third kappa shape index (κ3) is 5.51. The fraction of sp³-hybridized carbons (Fsp3) is 0.367. The highest BCUT2D eigenvalue weighted by atomic mass is 16.5. The number of fused-ring (bicyclic) bond motifs is 1. The lowest BCUT2D eigenvalue weighted by molar-refractivity contribution is -0.116. The van der Waals surface area contributed by atoms with E-state index in [2.05, 4.69) is 52.7 Å². The first-order chi connectivity index (χ1) is 16.8. The summed E-state index contributed by atoms with van der Waals surface area (Å²) in [7, 11) is 0. The third-order valence-electron chi connectivity index (χ3n) is 7.23. The van der Waals surface area contributed by atoms with Crippen LogP contribution in [0.4, 0.5) is 5.69 Å². The van der Waals surface area contributed by atoms with Crippen LogP contribution in [0.15, 0.2) is 78.9 Å². The van der Waals surface area contributed by atoms with Gasteiger partial charge in [0.2, 0.25) is 5.91 Å². The zero-order valence-corrected chi connectivity index (χ0v) is 19.8. The van der Waals surface area contributed by atoms with Gasteiger partial charge in [-0.25, -0.2) is 0 Å². The van der Waals surface area contributed by atoms with Gasteiger partial charge in [0.25, 0.3) is 0 Å². The lowest BCUT2D eigenvalue weighted by Gasteiger charge is -2.32. The molecule has 176 valence electrons. The lowest BCUT2D eigenvalue weighted by Crippen LogP contribution is -2.35. The van der Waals surface area contributed by atoms with Crippen molar-refractivity contribution < 1.29 is 9.53 Å². The molecule has 3 aromatic rings. The molecule has 1 N–H and O–H groups in total. The first-order valence-corrected chi connectivity index (χ1v) is 12.6. The molecule has 2 heterocycles. The first kappa shape index (κ1) is 22.7. The summed E-state index contributed by atoms with van der Waals surface area (Å²) >= 11 is 0. The minimum atomic E-state index is 0.0322. The number of likely N-dealkylation sites (tertiary alicyclic amines) is 1. The van der Waals surface area contributed by atoms with Crippen molar-refractivity contribution in [2.45, 2.75) is 38.0 Å². The number of benzene rings is 3. The molecule has 3 aromatic carbocycles. The molecule has 0 spiro atoms. The Kier molecular flexibility index (Phi) is 7.25. The van der Waals surface area contributed by atoms with Crippen molar-refractivity contribution in [3.8, 4) is 5.75 Å². The van der Waals surface area contributed by atoms with E-state index in [-0.39, 0.29) is 11.8 Å². The van der Waals surface area contributed by atoms with E-state index >= 15 is 0 Å². The fourth-order valence-corrected chi connectivity index (χ4v) is 5.43. The highest BCUT2D eigenvalue weighted by Crippen LogP contribution is 2.42. The van der Waals surface area contributed by atoms with Crippen molar-refractivity contribution in [1.29, 1.82) is 0 Å². The van der Waals surface area contributed by atoms with Crippen LogP contribution in [0.2, 0.25) is 0 Å². The molecule has 0 saturated carbocycles. The predicted octanol–water partition coefficient (Wildman–Crippen LogP) is 5.88. The summed E-state index contributed by atoms with van der Waals surface area (Å²) in [5.74, 6) is 1.79. The van der Waals surface area contributed by atoms with E-state index in [0.29, 0.717) is 13.0 Å². The number of ether oxygens (including phenoxy) is 1. The third-order valence-corrected chi connectivity index (χ3v) is 7.23. The van der Waals surface area contributed by atoms with Crippen molar-refractivity contribution in [2.75, 3.05) is 31.6 Å².